The number of nitrogens with one attached hydrogen (secondary N) is 3. The second-order valence-corrected chi connectivity index (χ2v) is 8.64. The highest BCUT2D eigenvalue weighted by Gasteiger charge is 2.16. The number of carbonyl (C=O) groups excluding carboxylic acids is 1. The lowest BCUT2D eigenvalue weighted by molar-refractivity contribution is -0.114. The van der Waals surface area contributed by atoms with E-state index in [9.17, 15) is 9.90 Å². The molecule has 0 saturated heterocycles. The number of rotatable bonds is 9. The van der Waals surface area contributed by atoms with Crippen LogP contribution in [0.1, 0.15) is 18.9 Å². The molecule has 4 aromatic rings. The Kier molecular flexibility index (Phi) is 7.61. The standard InChI is InChI=1S/C26H27N5O2S/c1-17(32)28-22-16-20(13-14-27-22)25-24(30-26(31-25)34-2)19-9-6-10-21(15-19)29-23(33)12-11-18-7-4-3-5-8-18/h3-10,13-16,23,29,33H,11-12H2,1-2H3,(H,30,31)(H,27,28,32). The van der Waals surface area contributed by atoms with E-state index in [1.165, 1.54) is 24.2 Å². The Morgan fingerprint density at radius 1 is 1.09 bits per heavy atom. The molecule has 174 valence electrons. The van der Waals surface area contributed by atoms with Crippen LogP contribution < -0.4 is 10.6 Å². The minimum Gasteiger partial charge on any atom is -0.374 e. The van der Waals surface area contributed by atoms with Gasteiger partial charge in [-0.3, -0.25) is 4.79 Å². The maximum absolute atomic E-state index is 11.5. The molecule has 2 aromatic carbocycles. The molecule has 0 bridgehead atoms. The Labute approximate surface area is 203 Å². The van der Waals surface area contributed by atoms with Crippen LogP contribution in [-0.4, -0.2) is 38.4 Å². The Hall–Kier alpha value is -3.62. The van der Waals surface area contributed by atoms with Gasteiger partial charge in [-0.25, -0.2) is 9.97 Å². The monoisotopic (exact) mass is 473 g/mol. The molecule has 2 heterocycles. The quantitative estimate of drug-likeness (QED) is 0.197. The molecule has 0 aliphatic rings. The Morgan fingerprint density at radius 2 is 1.91 bits per heavy atom. The number of hydrogen-bond acceptors (Lipinski definition) is 6. The van der Waals surface area contributed by atoms with E-state index < -0.39 is 6.23 Å². The van der Waals surface area contributed by atoms with Crippen LogP contribution in [0.3, 0.4) is 0 Å². The van der Waals surface area contributed by atoms with Crippen molar-refractivity contribution >= 4 is 29.2 Å². The number of H-pyrrole nitrogens is 1. The van der Waals surface area contributed by atoms with Crippen LogP contribution in [0.15, 0.2) is 78.1 Å². The number of pyridine rings is 1. The lowest BCUT2D eigenvalue weighted by atomic mass is 10.0. The third-order valence-corrected chi connectivity index (χ3v) is 5.83. The summed E-state index contributed by atoms with van der Waals surface area (Å²) >= 11 is 1.52. The van der Waals surface area contributed by atoms with E-state index in [-0.39, 0.29) is 5.91 Å². The van der Waals surface area contributed by atoms with Crippen LogP contribution in [0.2, 0.25) is 0 Å². The topological polar surface area (TPSA) is 103 Å². The van der Waals surface area contributed by atoms with Crippen LogP contribution >= 0.6 is 11.8 Å². The van der Waals surface area contributed by atoms with Gasteiger partial charge in [0.2, 0.25) is 5.91 Å². The zero-order valence-electron chi connectivity index (χ0n) is 19.1. The van der Waals surface area contributed by atoms with Gasteiger partial charge in [0.1, 0.15) is 12.0 Å². The fraction of sp³-hybridized carbons (Fsp3) is 0.192. The number of nitrogens with zero attached hydrogens (tertiary/aromatic N) is 2. The zero-order valence-corrected chi connectivity index (χ0v) is 19.9. The predicted molar refractivity (Wildman–Crippen MR) is 138 cm³/mol. The van der Waals surface area contributed by atoms with Crippen LogP contribution in [0, 0.1) is 0 Å². The summed E-state index contributed by atoms with van der Waals surface area (Å²) in [5.41, 5.74) is 5.39. The number of amides is 1. The first-order valence-corrected chi connectivity index (χ1v) is 12.2. The van der Waals surface area contributed by atoms with Gasteiger partial charge in [0.15, 0.2) is 5.16 Å². The molecule has 1 amide bonds. The first-order valence-electron chi connectivity index (χ1n) is 11.0. The molecule has 1 atom stereocenters. The van der Waals surface area contributed by atoms with E-state index in [1.807, 2.05) is 60.9 Å². The highest BCUT2D eigenvalue weighted by atomic mass is 32.2. The molecular weight excluding hydrogens is 446 g/mol. The van der Waals surface area contributed by atoms with Gasteiger partial charge >= 0.3 is 0 Å². The van der Waals surface area contributed by atoms with Gasteiger partial charge in [-0.05, 0) is 48.9 Å². The summed E-state index contributed by atoms with van der Waals surface area (Å²) in [4.78, 5) is 23.8. The SMILES string of the molecule is CSc1nc(-c2cccc(NC(O)CCc3ccccc3)c2)c(-c2ccnc(NC(C)=O)c2)[nH]1. The predicted octanol–water partition coefficient (Wildman–Crippen LogP) is 5.18. The van der Waals surface area contributed by atoms with Crippen LogP contribution in [0.4, 0.5) is 11.5 Å². The number of thioether (sulfide) groups is 1. The molecule has 0 radical (unpaired) electrons. The van der Waals surface area contributed by atoms with Crippen molar-refractivity contribution in [3.8, 4) is 22.5 Å². The normalized spacial score (nSPS) is 11.7. The van der Waals surface area contributed by atoms with E-state index in [0.29, 0.717) is 12.2 Å². The highest BCUT2D eigenvalue weighted by Crippen LogP contribution is 2.34. The third kappa shape index (κ3) is 6.03. The summed E-state index contributed by atoms with van der Waals surface area (Å²) in [5, 5.41) is 17.2. The number of aromatic amines is 1. The van der Waals surface area contributed by atoms with Gasteiger partial charge in [-0.15, -0.1) is 0 Å². The van der Waals surface area contributed by atoms with Gasteiger partial charge in [0.05, 0.1) is 11.4 Å². The summed E-state index contributed by atoms with van der Waals surface area (Å²) < 4.78 is 0. The summed E-state index contributed by atoms with van der Waals surface area (Å²) in [5.74, 6) is 0.303. The molecule has 0 aliphatic carbocycles. The van der Waals surface area contributed by atoms with Crippen molar-refractivity contribution in [3.63, 3.8) is 0 Å². The minimum absolute atomic E-state index is 0.177. The van der Waals surface area contributed by atoms with E-state index in [4.69, 9.17) is 4.98 Å². The first-order chi connectivity index (χ1) is 16.5. The average molecular weight is 474 g/mol. The minimum atomic E-state index is -0.670. The van der Waals surface area contributed by atoms with Crippen molar-refractivity contribution in [2.75, 3.05) is 16.9 Å². The summed E-state index contributed by atoms with van der Waals surface area (Å²) in [6.45, 7) is 1.45. The number of anilines is 2. The van der Waals surface area contributed by atoms with Gasteiger partial charge in [-0.1, -0.05) is 54.2 Å². The Morgan fingerprint density at radius 3 is 2.68 bits per heavy atom. The number of hydrogen-bond donors (Lipinski definition) is 4. The maximum atomic E-state index is 11.5. The average Bonchev–Trinajstić information content (AvgIpc) is 3.28. The number of aromatic nitrogens is 3. The van der Waals surface area contributed by atoms with Gasteiger partial charge < -0.3 is 20.7 Å². The van der Waals surface area contributed by atoms with E-state index >= 15 is 0 Å². The number of aliphatic hydroxyl groups excluding tert-OH is 1. The second-order valence-electron chi connectivity index (χ2n) is 7.85. The molecule has 8 heteroatoms. The molecule has 0 fully saturated rings. The molecule has 2 aromatic heterocycles. The number of aliphatic hydroxyl groups is 1. The summed E-state index contributed by atoms with van der Waals surface area (Å²) in [7, 11) is 0. The number of benzene rings is 2. The third-order valence-electron chi connectivity index (χ3n) is 5.25. The molecule has 4 rings (SSSR count). The molecule has 0 saturated carbocycles. The fourth-order valence-corrected chi connectivity index (χ4v) is 4.06. The van der Waals surface area contributed by atoms with Crippen molar-refractivity contribution in [3.05, 3.63) is 78.5 Å². The van der Waals surface area contributed by atoms with Crippen LogP contribution in [-0.2, 0) is 11.2 Å². The smallest absolute Gasteiger partial charge is 0.222 e. The van der Waals surface area contributed by atoms with Crippen LogP contribution in [0.25, 0.3) is 22.5 Å². The lowest BCUT2D eigenvalue weighted by Crippen LogP contribution is -2.19. The molecule has 0 spiro atoms. The molecule has 1 unspecified atom stereocenters. The fourth-order valence-electron chi connectivity index (χ4n) is 3.67. The second kappa shape index (κ2) is 11.0. The highest BCUT2D eigenvalue weighted by molar-refractivity contribution is 7.98. The first kappa shape index (κ1) is 23.5. The lowest BCUT2D eigenvalue weighted by Gasteiger charge is -2.15. The summed E-state index contributed by atoms with van der Waals surface area (Å²) in [6.07, 6.45) is 4.33. The molecule has 4 N–H and O–H groups in total. The number of carbonyl (C=O) groups is 1. The Balaban J connectivity index is 1.56. The van der Waals surface area contributed by atoms with E-state index in [2.05, 4.69) is 32.7 Å². The largest absolute Gasteiger partial charge is 0.374 e. The maximum Gasteiger partial charge on any atom is 0.222 e. The van der Waals surface area contributed by atoms with Crippen molar-refractivity contribution in [1.82, 2.24) is 15.0 Å². The van der Waals surface area contributed by atoms with E-state index in [0.717, 1.165) is 39.8 Å². The number of aryl methyl sites for hydroxylation is 1. The van der Waals surface area contributed by atoms with Crippen molar-refractivity contribution in [1.29, 1.82) is 0 Å². The van der Waals surface area contributed by atoms with Gasteiger partial charge in [0, 0.05) is 29.9 Å². The van der Waals surface area contributed by atoms with Gasteiger partial charge in [0.25, 0.3) is 0 Å². The van der Waals surface area contributed by atoms with Crippen molar-refractivity contribution in [2.24, 2.45) is 0 Å². The van der Waals surface area contributed by atoms with Crippen molar-refractivity contribution < 1.29 is 9.90 Å². The molecule has 0 aliphatic heterocycles. The summed E-state index contributed by atoms with van der Waals surface area (Å²) in [6, 6.07) is 21.6. The van der Waals surface area contributed by atoms with Crippen LogP contribution in [0.5, 0.6) is 0 Å². The van der Waals surface area contributed by atoms with Gasteiger partial charge in [-0.2, -0.15) is 0 Å². The molecule has 7 nitrogen and oxygen atoms in total. The number of imidazole rings is 1. The molecular formula is C26H27N5O2S. The van der Waals surface area contributed by atoms with Crippen molar-refractivity contribution in [2.45, 2.75) is 31.1 Å². The zero-order chi connectivity index (χ0) is 23.9. The molecule has 34 heavy (non-hydrogen) atoms. The Bertz CT molecular complexity index is 1260. The van der Waals surface area contributed by atoms with E-state index in [1.54, 1.807) is 6.20 Å².